The van der Waals surface area contributed by atoms with Crippen molar-refractivity contribution < 1.29 is 9.53 Å². The van der Waals surface area contributed by atoms with Crippen molar-refractivity contribution in [3.63, 3.8) is 0 Å². The standard InChI is InChI=1S/C21H26N4O2S/c1-22-21(24-13-15-28-17-8-3-2-4-9-17)23-12-7-14-25-18-10-5-6-11-19(18)27-16-20(25)26/h2-6,8-11H,7,12-16H2,1H3,(H2,22,23,24). The molecule has 0 spiro atoms. The molecule has 0 atom stereocenters. The number of ether oxygens (including phenoxy) is 1. The van der Waals surface area contributed by atoms with Crippen LogP contribution in [0.2, 0.25) is 0 Å². The van der Waals surface area contributed by atoms with Gasteiger partial charge in [0.15, 0.2) is 12.6 Å². The van der Waals surface area contributed by atoms with Gasteiger partial charge in [-0.3, -0.25) is 9.79 Å². The summed E-state index contributed by atoms with van der Waals surface area (Å²) in [4.78, 5) is 19.5. The number of benzene rings is 2. The average molecular weight is 399 g/mol. The van der Waals surface area contributed by atoms with Crippen LogP contribution >= 0.6 is 11.8 Å². The zero-order valence-corrected chi connectivity index (χ0v) is 16.9. The second-order valence-corrected chi connectivity index (χ2v) is 7.41. The SMILES string of the molecule is CN=C(NCCCN1C(=O)COc2ccccc21)NCCSc1ccccc1. The Morgan fingerprint density at radius 1 is 1.11 bits per heavy atom. The van der Waals surface area contributed by atoms with Gasteiger partial charge in [0.05, 0.1) is 5.69 Å². The quantitative estimate of drug-likeness (QED) is 0.310. The lowest BCUT2D eigenvalue weighted by atomic mass is 10.2. The van der Waals surface area contributed by atoms with E-state index in [4.69, 9.17) is 4.74 Å². The molecule has 1 heterocycles. The summed E-state index contributed by atoms with van der Waals surface area (Å²) in [6, 6.07) is 18.0. The molecule has 0 bridgehead atoms. The molecule has 0 unspecified atom stereocenters. The number of hydrogen-bond donors (Lipinski definition) is 2. The molecule has 2 aromatic rings. The van der Waals surface area contributed by atoms with Crippen molar-refractivity contribution >= 4 is 29.3 Å². The fourth-order valence-electron chi connectivity index (χ4n) is 2.92. The number of fused-ring (bicyclic) bond motifs is 1. The van der Waals surface area contributed by atoms with Gasteiger partial charge in [0.1, 0.15) is 5.75 Å². The number of nitrogens with one attached hydrogen (secondary N) is 2. The van der Waals surface area contributed by atoms with Gasteiger partial charge in [-0.05, 0) is 30.7 Å². The number of amides is 1. The summed E-state index contributed by atoms with van der Waals surface area (Å²) >= 11 is 1.81. The Morgan fingerprint density at radius 3 is 2.68 bits per heavy atom. The molecule has 0 aliphatic carbocycles. The molecule has 2 N–H and O–H groups in total. The fraction of sp³-hybridized carbons (Fsp3) is 0.333. The van der Waals surface area contributed by atoms with E-state index in [0.717, 1.165) is 42.7 Å². The molecule has 2 aromatic carbocycles. The predicted octanol–water partition coefficient (Wildman–Crippen LogP) is 2.76. The first-order chi connectivity index (χ1) is 13.8. The molecule has 3 rings (SSSR count). The molecule has 0 fully saturated rings. The summed E-state index contributed by atoms with van der Waals surface area (Å²) in [7, 11) is 1.77. The van der Waals surface area contributed by atoms with Gasteiger partial charge in [0.2, 0.25) is 0 Å². The van der Waals surface area contributed by atoms with Crippen LogP contribution in [-0.2, 0) is 4.79 Å². The third kappa shape index (κ3) is 5.66. The molecule has 0 aromatic heterocycles. The molecular weight excluding hydrogens is 372 g/mol. The Bertz CT molecular complexity index is 798. The Morgan fingerprint density at radius 2 is 1.86 bits per heavy atom. The molecule has 28 heavy (non-hydrogen) atoms. The zero-order chi connectivity index (χ0) is 19.6. The number of thioether (sulfide) groups is 1. The van der Waals surface area contributed by atoms with E-state index in [1.54, 1.807) is 11.9 Å². The van der Waals surface area contributed by atoms with Crippen molar-refractivity contribution in [2.45, 2.75) is 11.3 Å². The second-order valence-electron chi connectivity index (χ2n) is 6.24. The monoisotopic (exact) mass is 398 g/mol. The van der Waals surface area contributed by atoms with E-state index in [-0.39, 0.29) is 12.5 Å². The van der Waals surface area contributed by atoms with Crippen molar-refractivity contribution in [2.75, 3.05) is 43.9 Å². The van der Waals surface area contributed by atoms with Crippen LogP contribution in [0.15, 0.2) is 64.5 Å². The summed E-state index contributed by atoms with van der Waals surface area (Å²) in [6.07, 6.45) is 0.819. The minimum absolute atomic E-state index is 0.000793. The summed E-state index contributed by atoms with van der Waals surface area (Å²) in [5, 5.41) is 6.63. The van der Waals surface area contributed by atoms with Gasteiger partial charge in [-0.25, -0.2) is 0 Å². The highest BCUT2D eigenvalue weighted by Crippen LogP contribution is 2.31. The number of rotatable bonds is 8. The van der Waals surface area contributed by atoms with Crippen molar-refractivity contribution in [2.24, 2.45) is 4.99 Å². The minimum atomic E-state index is -0.000793. The zero-order valence-electron chi connectivity index (χ0n) is 16.1. The second kappa shape index (κ2) is 10.6. The molecule has 0 radical (unpaired) electrons. The molecule has 1 aliphatic rings. The van der Waals surface area contributed by atoms with Crippen molar-refractivity contribution in [1.29, 1.82) is 0 Å². The molecule has 148 valence electrons. The number of nitrogens with zero attached hydrogens (tertiary/aromatic N) is 2. The van der Waals surface area contributed by atoms with Crippen LogP contribution in [0.3, 0.4) is 0 Å². The van der Waals surface area contributed by atoms with Crippen LogP contribution in [0.25, 0.3) is 0 Å². The van der Waals surface area contributed by atoms with Crippen molar-refractivity contribution in [1.82, 2.24) is 10.6 Å². The van der Waals surface area contributed by atoms with Crippen LogP contribution in [-0.4, -0.2) is 50.9 Å². The van der Waals surface area contributed by atoms with E-state index in [0.29, 0.717) is 6.54 Å². The molecule has 7 heteroatoms. The van der Waals surface area contributed by atoms with Crippen molar-refractivity contribution in [3.8, 4) is 5.75 Å². The number of guanidine groups is 1. The molecule has 0 saturated heterocycles. The number of hydrogen-bond acceptors (Lipinski definition) is 4. The maximum atomic E-state index is 12.2. The van der Waals surface area contributed by atoms with Gasteiger partial charge < -0.3 is 20.3 Å². The van der Waals surface area contributed by atoms with Gasteiger partial charge in [0.25, 0.3) is 5.91 Å². The average Bonchev–Trinajstić information content (AvgIpc) is 2.74. The van der Waals surface area contributed by atoms with Gasteiger partial charge in [-0.2, -0.15) is 0 Å². The maximum absolute atomic E-state index is 12.2. The highest BCUT2D eigenvalue weighted by atomic mass is 32.2. The van der Waals surface area contributed by atoms with E-state index in [2.05, 4.69) is 27.8 Å². The van der Waals surface area contributed by atoms with E-state index in [1.165, 1.54) is 4.90 Å². The lowest BCUT2D eigenvalue weighted by molar-refractivity contribution is -0.121. The van der Waals surface area contributed by atoms with Crippen LogP contribution in [0.5, 0.6) is 5.75 Å². The molecule has 1 amide bonds. The van der Waals surface area contributed by atoms with Crippen molar-refractivity contribution in [3.05, 3.63) is 54.6 Å². The van der Waals surface area contributed by atoms with E-state index in [1.807, 2.05) is 54.2 Å². The smallest absolute Gasteiger partial charge is 0.265 e. The first-order valence-corrected chi connectivity index (χ1v) is 10.4. The molecule has 0 saturated carbocycles. The maximum Gasteiger partial charge on any atom is 0.265 e. The normalized spacial score (nSPS) is 13.7. The Labute approximate surface area is 170 Å². The number of carbonyl (C=O) groups is 1. The first-order valence-electron chi connectivity index (χ1n) is 9.42. The van der Waals surface area contributed by atoms with Gasteiger partial charge >= 0.3 is 0 Å². The van der Waals surface area contributed by atoms with Gasteiger partial charge in [-0.1, -0.05) is 30.3 Å². The molecule has 6 nitrogen and oxygen atoms in total. The number of para-hydroxylation sites is 2. The highest BCUT2D eigenvalue weighted by molar-refractivity contribution is 7.99. The summed E-state index contributed by atoms with van der Waals surface area (Å²) in [5.41, 5.74) is 0.846. The number of anilines is 1. The predicted molar refractivity (Wildman–Crippen MR) is 115 cm³/mol. The van der Waals surface area contributed by atoms with Crippen LogP contribution < -0.4 is 20.3 Å². The lowest BCUT2D eigenvalue weighted by Gasteiger charge is -2.29. The van der Waals surface area contributed by atoms with Gasteiger partial charge in [-0.15, -0.1) is 11.8 Å². The summed E-state index contributed by atoms with van der Waals surface area (Å²) in [6.45, 7) is 2.31. The van der Waals surface area contributed by atoms with Gasteiger partial charge in [0, 0.05) is 37.3 Å². The molecule has 1 aliphatic heterocycles. The van der Waals surface area contributed by atoms with Crippen LogP contribution in [0.1, 0.15) is 6.42 Å². The highest BCUT2D eigenvalue weighted by Gasteiger charge is 2.24. The third-order valence-corrected chi connectivity index (χ3v) is 5.30. The lowest BCUT2D eigenvalue weighted by Crippen LogP contribution is -2.42. The Hall–Kier alpha value is -2.67. The molecular formula is C21H26N4O2S. The largest absolute Gasteiger partial charge is 0.482 e. The van der Waals surface area contributed by atoms with Crippen LogP contribution in [0.4, 0.5) is 5.69 Å². The van der Waals surface area contributed by atoms with E-state index < -0.39 is 0 Å². The van der Waals surface area contributed by atoms with E-state index >= 15 is 0 Å². The first kappa shape index (κ1) is 20.1. The summed E-state index contributed by atoms with van der Waals surface area (Å²) in [5.74, 6) is 2.51. The number of carbonyl (C=O) groups excluding carboxylic acids is 1. The summed E-state index contributed by atoms with van der Waals surface area (Å²) < 4.78 is 5.48. The third-order valence-electron chi connectivity index (χ3n) is 4.29. The topological polar surface area (TPSA) is 66.0 Å². The Balaban J connectivity index is 1.36. The number of aliphatic imine (C=N–C) groups is 1. The fourth-order valence-corrected chi connectivity index (χ4v) is 3.71. The minimum Gasteiger partial charge on any atom is -0.482 e. The Kier molecular flexibility index (Phi) is 7.61. The van der Waals surface area contributed by atoms with Crippen LogP contribution in [0, 0.1) is 0 Å². The van der Waals surface area contributed by atoms with E-state index in [9.17, 15) is 4.79 Å².